The Labute approximate surface area is 389 Å². The van der Waals surface area contributed by atoms with Crippen LogP contribution in [-0.2, 0) is 46.2 Å². The molecule has 2 fully saturated rings. The Kier molecular flexibility index (Phi) is 18.5. The van der Waals surface area contributed by atoms with Crippen molar-refractivity contribution in [1.82, 2.24) is 35.1 Å². The first kappa shape index (κ1) is 51.9. The average molecular weight is 927 g/mol. The summed E-state index contributed by atoms with van der Waals surface area (Å²) in [6, 6.07) is 6.31. The summed E-state index contributed by atoms with van der Waals surface area (Å²) in [5.74, 6) is -3.40. The van der Waals surface area contributed by atoms with E-state index in [1.807, 2.05) is 91.0 Å². The summed E-state index contributed by atoms with van der Waals surface area (Å²) in [6.07, 6.45) is 1.71. The van der Waals surface area contributed by atoms with Crippen molar-refractivity contribution in [2.45, 2.75) is 154 Å². The van der Waals surface area contributed by atoms with Crippen molar-refractivity contribution in [3.05, 3.63) is 47.0 Å². The summed E-state index contributed by atoms with van der Waals surface area (Å²) in [4.78, 5) is 52.6. The molecule has 0 spiro atoms. The highest BCUT2D eigenvalue weighted by Crippen LogP contribution is 2.40. The number of ketones is 1. The second kappa shape index (κ2) is 23.1. The van der Waals surface area contributed by atoms with Crippen LogP contribution in [0.15, 0.2) is 42.2 Å². The van der Waals surface area contributed by atoms with E-state index in [9.17, 15) is 14.7 Å². The van der Waals surface area contributed by atoms with Gasteiger partial charge in [-0.05, 0) is 98.5 Å². The topological polar surface area (TPSA) is 206 Å². The van der Waals surface area contributed by atoms with E-state index in [1.165, 1.54) is 11.3 Å². The van der Waals surface area contributed by atoms with Crippen LogP contribution >= 0.6 is 11.3 Å². The normalized spacial score (nSPS) is 29.7. The number of hydrogen-bond acceptors (Lipinski definition) is 16. The molecule has 5 rings (SSSR count). The molecule has 0 aliphatic carbocycles. The third kappa shape index (κ3) is 12.3. The fourth-order valence-electron chi connectivity index (χ4n) is 9.91. The number of aliphatic hydroxyl groups is 1. The maximum Gasteiger partial charge on any atom is 0.410 e. The van der Waals surface area contributed by atoms with Gasteiger partial charge in [-0.2, -0.15) is 0 Å². The number of aryl methyl sites for hydroxylation is 1. The number of cyclic esters (lactones) is 1. The number of likely N-dealkylation sites (N-methyl/N-ethyl adjacent to an activating group) is 1. The number of aliphatic hydroxyl groups excluding tert-OH is 1. The summed E-state index contributed by atoms with van der Waals surface area (Å²) in [5.41, 5.74) is 7.50. The van der Waals surface area contributed by atoms with Gasteiger partial charge in [0.2, 0.25) is 0 Å². The number of Topliss-reactive ketones (excluding diaryl/α,β-unsaturated/α-hetero) is 1. The summed E-state index contributed by atoms with van der Waals surface area (Å²) in [5, 5.41) is 24.1. The molecule has 2 aromatic heterocycles. The zero-order chi connectivity index (χ0) is 47.6. The zero-order valence-electron chi connectivity index (χ0n) is 40.3. The number of unbranched alkanes of at least 4 members (excludes halogenated alkanes) is 1. The summed E-state index contributed by atoms with van der Waals surface area (Å²) >= 11 is 1.34. The molecule has 18 heteroatoms. The van der Waals surface area contributed by atoms with Crippen LogP contribution in [0.25, 0.3) is 11.3 Å². The van der Waals surface area contributed by atoms with Crippen molar-refractivity contribution in [3.8, 4) is 11.3 Å². The maximum atomic E-state index is 15.1. The average Bonchev–Trinajstić information content (AvgIpc) is 4.03. The standard InChI is InChI=1S/C47H74N8O9S/c1-12-37(53(9)10)40(57)44(61-14-3)63-42-30(5)39(56)35(23-34-26-49-28-65-34)43(58)62-38(13-2)47(8)41(31(6)50-25-29(4)24-46(42,7)60-11)55(45(59)64-47)21-16-15-20-54-27-36(51-52-54)32-18-17-19-33(48)22-32/h17-19,22,26-31,35,37-38,40-42,44,50,57H,12-16,20-21,23-25,48H2,1-11H3/t29-,30+,31-,35-,37?,38-,40?,41-,42-,44+,46-,47-/m1/s1. The van der Waals surface area contributed by atoms with Crippen molar-refractivity contribution in [2.75, 3.05) is 46.6 Å². The molecule has 65 heavy (non-hydrogen) atoms. The number of aromatic nitrogens is 4. The molecule has 1 aromatic carbocycles. The van der Waals surface area contributed by atoms with Gasteiger partial charge in [-0.1, -0.05) is 45.0 Å². The lowest BCUT2D eigenvalue weighted by Crippen LogP contribution is -2.61. The van der Waals surface area contributed by atoms with Crippen LogP contribution in [0.2, 0.25) is 0 Å². The van der Waals surface area contributed by atoms with Gasteiger partial charge in [-0.3, -0.25) is 24.2 Å². The summed E-state index contributed by atoms with van der Waals surface area (Å²) < 4.78 is 33.8. The van der Waals surface area contributed by atoms with E-state index in [0.29, 0.717) is 57.4 Å². The number of anilines is 1. The van der Waals surface area contributed by atoms with Gasteiger partial charge in [0.25, 0.3) is 0 Å². The molecule has 2 unspecified atom stereocenters. The number of benzene rings is 1. The van der Waals surface area contributed by atoms with E-state index in [-0.39, 0.29) is 31.0 Å². The van der Waals surface area contributed by atoms with Crippen LogP contribution < -0.4 is 11.1 Å². The van der Waals surface area contributed by atoms with E-state index in [1.54, 1.807) is 35.3 Å². The van der Waals surface area contributed by atoms with E-state index in [0.717, 1.165) is 16.1 Å². The SMILES string of the molecule is CCO[C@@H](O[C@@H]1[C@@H](C)C(=O)[C@@H](Cc2cncs2)C(=O)O[C@H](CC)[C@@]2(C)OC(=O)N(CCCCn3cc(-c4cccc(N)c4)nn3)[C@@H]2[C@@H](C)NC[C@H](C)C[C@@]1(C)OC)C(O)C(CC)N(C)C. The second-order valence-corrected chi connectivity index (χ2v) is 19.4. The highest BCUT2D eigenvalue weighted by molar-refractivity contribution is 7.09. The number of nitrogen functional groups attached to an aromatic ring is 1. The van der Waals surface area contributed by atoms with Gasteiger partial charge in [0.05, 0.1) is 29.5 Å². The fourth-order valence-corrected chi connectivity index (χ4v) is 10.5. The van der Waals surface area contributed by atoms with Gasteiger partial charge < -0.3 is 44.7 Å². The Morgan fingerprint density at radius 2 is 1.85 bits per heavy atom. The lowest BCUT2D eigenvalue weighted by atomic mass is 9.77. The molecular weight excluding hydrogens is 853 g/mol. The van der Waals surface area contributed by atoms with E-state index in [4.69, 9.17) is 29.4 Å². The summed E-state index contributed by atoms with van der Waals surface area (Å²) in [7, 11) is 5.37. The number of nitrogens with one attached hydrogen (secondary N) is 1. The number of carbonyl (C=O) groups is 3. The van der Waals surface area contributed by atoms with Crippen molar-refractivity contribution < 1.29 is 43.2 Å². The third-order valence-corrected chi connectivity index (χ3v) is 14.2. The van der Waals surface area contributed by atoms with Crippen molar-refractivity contribution >= 4 is 34.9 Å². The number of carbonyl (C=O) groups excluding carboxylic acids is 3. The number of esters is 1. The van der Waals surface area contributed by atoms with Gasteiger partial charge in [0, 0.05) is 73.6 Å². The first-order valence-corrected chi connectivity index (χ1v) is 24.1. The van der Waals surface area contributed by atoms with Gasteiger partial charge in [0.15, 0.2) is 17.7 Å². The second-order valence-electron chi connectivity index (χ2n) is 18.5. The molecule has 2 aliphatic heterocycles. The lowest BCUT2D eigenvalue weighted by molar-refractivity contribution is -0.266. The van der Waals surface area contributed by atoms with E-state index >= 15 is 4.79 Å². The molecule has 1 amide bonds. The predicted molar refractivity (Wildman–Crippen MR) is 249 cm³/mol. The minimum absolute atomic E-state index is 0.0443. The molecule has 0 bridgehead atoms. The minimum Gasteiger partial charge on any atom is -0.457 e. The number of rotatable bonds is 18. The van der Waals surface area contributed by atoms with Gasteiger partial charge >= 0.3 is 12.1 Å². The quantitative estimate of drug-likeness (QED) is 0.0467. The number of nitrogens with zero attached hydrogens (tertiary/aromatic N) is 6. The predicted octanol–water partition coefficient (Wildman–Crippen LogP) is 5.60. The zero-order valence-corrected chi connectivity index (χ0v) is 41.1. The highest BCUT2D eigenvalue weighted by Gasteiger charge is 2.59. The van der Waals surface area contributed by atoms with Gasteiger partial charge in [0.1, 0.15) is 23.8 Å². The van der Waals surface area contributed by atoms with Crippen molar-refractivity contribution in [1.29, 1.82) is 0 Å². The largest absolute Gasteiger partial charge is 0.457 e. The van der Waals surface area contributed by atoms with Crippen LogP contribution in [0, 0.1) is 17.8 Å². The number of fused-ring (bicyclic) bond motifs is 1. The number of amides is 1. The maximum absolute atomic E-state index is 15.1. The summed E-state index contributed by atoms with van der Waals surface area (Å²) in [6.45, 7) is 17.0. The van der Waals surface area contributed by atoms with Crippen molar-refractivity contribution in [2.24, 2.45) is 17.8 Å². The molecule has 2 aliphatic rings. The van der Waals surface area contributed by atoms with Crippen LogP contribution in [0.3, 0.4) is 0 Å². The van der Waals surface area contributed by atoms with E-state index < -0.39 is 71.5 Å². The molecule has 0 radical (unpaired) electrons. The number of methoxy groups -OCH3 is 1. The first-order valence-electron chi connectivity index (χ1n) is 23.2. The van der Waals surface area contributed by atoms with E-state index in [2.05, 4.69) is 27.5 Å². The fraction of sp³-hybridized carbons (Fsp3) is 0.702. The molecule has 4 heterocycles. The smallest absolute Gasteiger partial charge is 0.410 e. The monoisotopic (exact) mass is 927 g/mol. The highest BCUT2D eigenvalue weighted by atomic mass is 32.1. The number of ether oxygens (including phenoxy) is 5. The molecule has 362 valence electrons. The molecule has 2 saturated heterocycles. The van der Waals surface area contributed by atoms with Crippen LogP contribution in [0.5, 0.6) is 0 Å². The van der Waals surface area contributed by atoms with Gasteiger partial charge in [-0.15, -0.1) is 16.4 Å². The minimum atomic E-state index is -1.28. The molecule has 0 saturated carbocycles. The Morgan fingerprint density at radius 1 is 1.11 bits per heavy atom. The molecule has 3 aromatic rings. The number of thiazole rings is 1. The van der Waals surface area contributed by atoms with Crippen LogP contribution in [0.4, 0.5) is 10.5 Å². The Bertz CT molecular complexity index is 1990. The van der Waals surface area contributed by atoms with Crippen molar-refractivity contribution in [3.63, 3.8) is 0 Å². The molecule has 17 nitrogen and oxygen atoms in total. The molecule has 4 N–H and O–H groups in total. The number of hydrogen-bond donors (Lipinski definition) is 3. The van der Waals surface area contributed by atoms with Gasteiger partial charge in [-0.25, -0.2) is 4.79 Å². The molecule has 12 atom stereocenters. The number of nitrogens with two attached hydrogens (primary N) is 1. The third-order valence-electron chi connectivity index (χ3n) is 13.4. The lowest BCUT2D eigenvalue weighted by Gasteiger charge is -2.44. The Balaban J connectivity index is 1.47. The first-order chi connectivity index (χ1) is 30.9. The van der Waals surface area contributed by atoms with Crippen LogP contribution in [-0.4, -0.2) is 148 Å². The van der Waals surface area contributed by atoms with Crippen LogP contribution in [0.1, 0.15) is 92.4 Å². The Morgan fingerprint density at radius 3 is 2.48 bits per heavy atom. The Hall–Kier alpha value is -4.04. The molecular formula is C47H74N8O9S.